The standard InChI is InChI=1S/C34H40ClN3O6/c1-5-19-36(25-13-15-26(16-14-25)43-8-4)31(40)28-27-17-18-34(44-27)29(28)32(41)38(23(7-3)21-39)30(34)33(42)37(20-6-2)24-11-9-22(35)10-12-24/h5-6,9-16,23,27-30,39H,1-2,7-8,17-21H2,3-4H3/t23-,27+,28-,29-,30?,34?/m0/s1. The lowest BCUT2D eigenvalue weighted by atomic mass is 9.70. The third-order valence-corrected chi connectivity index (χ3v) is 9.34. The number of rotatable bonds is 13. The summed E-state index contributed by atoms with van der Waals surface area (Å²) in [7, 11) is 0. The second-order valence-electron chi connectivity index (χ2n) is 11.4. The Morgan fingerprint density at radius 3 is 2.20 bits per heavy atom. The first kappa shape index (κ1) is 31.8. The summed E-state index contributed by atoms with van der Waals surface area (Å²) in [6.45, 7) is 12.1. The molecule has 2 bridgehead atoms. The number of amides is 3. The zero-order chi connectivity index (χ0) is 31.6. The average Bonchev–Trinajstić information content (AvgIpc) is 3.68. The number of carbonyl (C=O) groups is 3. The number of nitrogens with zero attached hydrogens (tertiary/aromatic N) is 3. The lowest BCUT2D eigenvalue weighted by molar-refractivity contribution is -0.144. The minimum absolute atomic E-state index is 0.187. The van der Waals surface area contributed by atoms with Crippen LogP contribution in [0.1, 0.15) is 33.1 Å². The van der Waals surface area contributed by atoms with Gasteiger partial charge in [0.25, 0.3) is 5.91 Å². The lowest BCUT2D eigenvalue weighted by Gasteiger charge is -2.39. The number of fused-ring (bicyclic) bond motifs is 1. The highest BCUT2D eigenvalue weighted by Gasteiger charge is 2.75. The van der Waals surface area contributed by atoms with Crippen molar-refractivity contribution >= 4 is 40.7 Å². The van der Waals surface area contributed by atoms with Crippen molar-refractivity contribution in [2.24, 2.45) is 11.8 Å². The molecule has 2 unspecified atom stereocenters. The van der Waals surface area contributed by atoms with E-state index in [0.717, 1.165) is 0 Å². The maximum Gasteiger partial charge on any atom is 0.253 e. The van der Waals surface area contributed by atoms with Crippen molar-refractivity contribution in [1.82, 2.24) is 4.90 Å². The molecule has 3 amide bonds. The van der Waals surface area contributed by atoms with Crippen molar-refractivity contribution in [3.05, 3.63) is 78.9 Å². The summed E-state index contributed by atoms with van der Waals surface area (Å²) >= 11 is 6.13. The predicted molar refractivity (Wildman–Crippen MR) is 170 cm³/mol. The first-order valence-corrected chi connectivity index (χ1v) is 15.6. The molecule has 1 spiro atoms. The maximum atomic E-state index is 14.6. The smallest absolute Gasteiger partial charge is 0.253 e. The molecule has 5 rings (SSSR count). The Labute approximate surface area is 263 Å². The van der Waals surface area contributed by atoms with Crippen LogP contribution >= 0.6 is 11.6 Å². The largest absolute Gasteiger partial charge is 0.494 e. The van der Waals surface area contributed by atoms with Crippen LogP contribution in [0.25, 0.3) is 0 Å². The second-order valence-corrected chi connectivity index (χ2v) is 11.9. The fraction of sp³-hybridized carbons (Fsp3) is 0.441. The predicted octanol–water partition coefficient (Wildman–Crippen LogP) is 4.62. The molecule has 3 heterocycles. The Morgan fingerprint density at radius 2 is 1.66 bits per heavy atom. The summed E-state index contributed by atoms with van der Waals surface area (Å²) in [4.78, 5) is 48.2. The third-order valence-electron chi connectivity index (χ3n) is 9.09. The van der Waals surface area contributed by atoms with E-state index < -0.39 is 35.6 Å². The van der Waals surface area contributed by atoms with Gasteiger partial charge in [0.15, 0.2) is 0 Å². The van der Waals surface area contributed by atoms with Crippen molar-refractivity contribution in [3.63, 3.8) is 0 Å². The van der Waals surface area contributed by atoms with Gasteiger partial charge >= 0.3 is 0 Å². The van der Waals surface area contributed by atoms with Gasteiger partial charge in [-0.3, -0.25) is 14.4 Å². The third kappa shape index (κ3) is 5.31. The summed E-state index contributed by atoms with van der Waals surface area (Å²) in [5, 5.41) is 10.9. The van der Waals surface area contributed by atoms with Gasteiger partial charge in [-0.05, 0) is 74.7 Å². The highest BCUT2D eigenvalue weighted by molar-refractivity contribution is 6.30. The van der Waals surface area contributed by atoms with Crippen molar-refractivity contribution in [2.45, 2.75) is 56.9 Å². The first-order valence-electron chi connectivity index (χ1n) is 15.2. The highest BCUT2D eigenvalue weighted by Crippen LogP contribution is 2.59. The number of hydrogen-bond donors (Lipinski definition) is 1. The molecule has 3 aliphatic rings. The van der Waals surface area contributed by atoms with Crippen LogP contribution in [-0.2, 0) is 19.1 Å². The van der Waals surface area contributed by atoms with Crippen LogP contribution in [0.3, 0.4) is 0 Å². The number of aliphatic hydroxyl groups excluding tert-OH is 1. The molecule has 9 nitrogen and oxygen atoms in total. The highest BCUT2D eigenvalue weighted by atomic mass is 35.5. The van der Waals surface area contributed by atoms with Crippen molar-refractivity contribution in [2.75, 3.05) is 36.1 Å². The van der Waals surface area contributed by atoms with E-state index in [-0.39, 0.29) is 37.4 Å². The number of ether oxygens (including phenoxy) is 2. The number of likely N-dealkylation sites (tertiary alicyclic amines) is 1. The van der Waals surface area contributed by atoms with Crippen LogP contribution < -0.4 is 14.5 Å². The quantitative estimate of drug-likeness (QED) is 0.328. The van der Waals surface area contributed by atoms with Crippen molar-refractivity contribution < 1.29 is 29.0 Å². The molecule has 6 atom stereocenters. The first-order chi connectivity index (χ1) is 21.3. The molecular formula is C34H40ClN3O6. The molecule has 2 aromatic rings. The average molecular weight is 622 g/mol. The van der Waals surface area contributed by atoms with E-state index in [1.165, 1.54) is 4.90 Å². The maximum absolute atomic E-state index is 14.6. The zero-order valence-electron chi connectivity index (χ0n) is 25.2. The van der Waals surface area contributed by atoms with Gasteiger partial charge < -0.3 is 29.3 Å². The van der Waals surface area contributed by atoms with Gasteiger partial charge in [0, 0.05) is 29.5 Å². The summed E-state index contributed by atoms with van der Waals surface area (Å²) in [6, 6.07) is 12.4. The molecule has 10 heteroatoms. The van der Waals surface area contributed by atoms with Gasteiger partial charge in [-0.1, -0.05) is 30.7 Å². The molecule has 0 radical (unpaired) electrons. The molecule has 0 aliphatic carbocycles. The summed E-state index contributed by atoms with van der Waals surface area (Å²) in [6.07, 6.45) is 4.14. The summed E-state index contributed by atoms with van der Waals surface area (Å²) < 4.78 is 12.2. The normalized spacial score (nSPS) is 25.8. The Morgan fingerprint density at radius 1 is 1.07 bits per heavy atom. The van der Waals surface area contributed by atoms with Gasteiger partial charge in [-0.15, -0.1) is 13.2 Å². The second kappa shape index (κ2) is 13.1. The molecule has 3 saturated heterocycles. The molecular weight excluding hydrogens is 582 g/mol. The molecule has 0 saturated carbocycles. The fourth-order valence-corrected chi connectivity index (χ4v) is 7.33. The number of anilines is 2. The number of hydrogen-bond acceptors (Lipinski definition) is 6. The number of aliphatic hydroxyl groups is 1. The van der Waals surface area contributed by atoms with Crippen molar-refractivity contribution in [1.29, 1.82) is 0 Å². The van der Waals surface area contributed by atoms with Crippen molar-refractivity contribution in [3.8, 4) is 5.75 Å². The Hall–Kier alpha value is -3.66. The number of benzene rings is 2. The van der Waals surface area contributed by atoms with Crippen LogP contribution in [0, 0.1) is 11.8 Å². The molecule has 44 heavy (non-hydrogen) atoms. The van der Waals surface area contributed by atoms with E-state index in [1.807, 2.05) is 26.0 Å². The van der Waals surface area contributed by atoms with Gasteiger partial charge in [0.2, 0.25) is 11.8 Å². The molecule has 1 N–H and O–H groups in total. The van der Waals surface area contributed by atoms with Crippen LogP contribution in [0.4, 0.5) is 11.4 Å². The Kier molecular flexibility index (Phi) is 9.48. The van der Waals surface area contributed by atoms with E-state index in [0.29, 0.717) is 48.0 Å². The summed E-state index contributed by atoms with van der Waals surface area (Å²) in [5.74, 6) is -1.95. The van der Waals surface area contributed by atoms with Gasteiger partial charge in [-0.25, -0.2) is 0 Å². The molecule has 2 aromatic carbocycles. The fourth-order valence-electron chi connectivity index (χ4n) is 7.20. The van der Waals surface area contributed by atoms with Gasteiger partial charge in [0.1, 0.15) is 17.4 Å². The summed E-state index contributed by atoms with van der Waals surface area (Å²) in [5.41, 5.74) is 0.0231. The topological polar surface area (TPSA) is 99.6 Å². The van der Waals surface area contributed by atoms with E-state index >= 15 is 0 Å². The lowest BCUT2D eigenvalue weighted by Crippen LogP contribution is -2.59. The Balaban J connectivity index is 1.55. The van der Waals surface area contributed by atoms with E-state index in [4.69, 9.17) is 21.1 Å². The molecule has 3 aliphatic heterocycles. The van der Waals surface area contributed by atoms with E-state index in [9.17, 15) is 19.5 Å². The number of halogens is 1. The van der Waals surface area contributed by atoms with Crippen LogP contribution in [-0.4, -0.2) is 77.8 Å². The van der Waals surface area contributed by atoms with Crippen LogP contribution in [0.2, 0.25) is 5.02 Å². The van der Waals surface area contributed by atoms with Crippen LogP contribution in [0.15, 0.2) is 73.8 Å². The minimum Gasteiger partial charge on any atom is -0.494 e. The molecule has 0 aromatic heterocycles. The van der Waals surface area contributed by atoms with Gasteiger partial charge in [-0.2, -0.15) is 0 Å². The monoisotopic (exact) mass is 621 g/mol. The minimum atomic E-state index is -1.22. The number of carbonyl (C=O) groups excluding carboxylic acids is 3. The zero-order valence-corrected chi connectivity index (χ0v) is 26.0. The van der Waals surface area contributed by atoms with Gasteiger partial charge in [0.05, 0.1) is 37.2 Å². The van der Waals surface area contributed by atoms with E-state index in [2.05, 4.69) is 13.2 Å². The van der Waals surface area contributed by atoms with Crippen LogP contribution in [0.5, 0.6) is 5.75 Å². The SMILES string of the molecule is C=CCN(C(=O)C1N([C@@H](CC)CO)C(=O)[C@@H]2[C@@H](C(=O)N(CC=C)c3ccc(OCC)cc3)[C@H]3CCC12O3)c1ccc(Cl)cc1. The molecule has 3 fully saturated rings. The van der Waals surface area contributed by atoms with E-state index in [1.54, 1.807) is 58.4 Å². The Bertz CT molecular complexity index is 1390. The molecule has 234 valence electrons.